The molecule has 0 aromatic heterocycles. The van der Waals surface area contributed by atoms with Crippen molar-refractivity contribution in [1.82, 2.24) is 5.32 Å². The molecule has 1 aromatic carbocycles. The number of likely N-dealkylation sites (N-methyl/N-ethyl adjacent to an activating group) is 1. The lowest BCUT2D eigenvalue weighted by molar-refractivity contribution is 0.315. The van der Waals surface area contributed by atoms with Crippen LogP contribution in [0.5, 0.6) is 0 Å². The van der Waals surface area contributed by atoms with Gasteiger partial charge in [0.1, 0.15) is 5.82 Å². The fourth-order valence-electron chi connectivity index (χ4n) is 3.21. The van der Waals surface area contributed by atoms with Gasteiger partial charge in [-0.3, -0.25) is 0 Å². The van der Waals surface area contributed by atoms with E-state index in [4.69, 9.17) is 0 Å². The Hall–Kier alpha value is -0.410. The second kappa shape index (κ2) is 8.14. The van der Waals surface area contributed by atoms with Gasteiger partial charge in [-0.2, -0.15) is 0 Å². The number of hydrogen-bond donors (Lipinski definition) is 1. The summed E-state index contributed by atoms with van der Waals surface area (Å²) in [5.41, 5.74) is 1.19. The second-order valence-corrected chi connectivity index (χ2v) is 6.86. The average Bonchev–Trinajstić information content (AvgIpc) is 2.46. The van der Waals surface area contributed by atoms with Crippen LogP contribution in [0, 0.1) is 11.7 Å². The summed E-state index contributed by atoms with van der Waals surface area (Å²) in [5, 5.41) is 3.42. The molecule has 0 amide bonds. The Bertz CT molecular complexity index is 415. The molecule has 1 aliphatic rings. The molecule has 0 heterocycles. The van der Waals surface area contributed by atoms with Crippen LogP contribution in [0.4, 0.5) is 4.39 Å². The van der Waals surface area contributed by atoms with Gasteiger partial charge in [-0.15, -0.1) is 0 Å². The topological polar surface area (TPSA) is 12.0 Å². The van der Waals surface area contributed by atoms with Crippen LogP contribution in [0.2, 0.25) is 0 Å². The normalized spacial score (nSPS) is 18.1. The molecule has 112 valence electrons. The first-order valence-corrected chi connectivity index (χ1v) is 8.59. The minimum absolute atomic E-state index is 0.177. The van der Waals surface area contributed by atoms with Gasteiger partial charge in [0.15, 0.2) is 0 Å². The molecular weight excluding hydrogens is 317 g/mol. The number of hydrogen-bond acceptors (Lipinski definition) is 1. The molecule has 0 bridgehead atoms. The zero-order valence-corrected chi connectivity index (χ0v) is 13.9. The van der Waals surface area contributed by atoms with Crippen molar-refractivity contribution in [3.63, 3.8) is 0 Å². The summed E-state index contributed by atoms with van der Waals surface area (Å²) in [6.45, 7) is 0. The molecule has 0 aliphatic heterocycles. The van der Waals surface area contributed by atoms with Gasteiger partial charge in [0.2, 0.25) is 0 Å². The van der Waals surface area contributed by atoms with Crippen LogP contribution in [0.25, 0.3) is 0 Å². The Morgan fingerprint density at radius 2 is 2.05 bits per heavy atom. The van der Waals surface area contributed by atoms with Crippen LogP contribution in [-0.4, -0.2) is 13.1 Å². The van der Waals surface area contributed by atoms with E-state index < -0.39 is 0 Å². The molecule has 20 heavy (non-hydrogen) atoms. The average molecular weight is 342 g/mol. The van der Waals surface area contributed by atoms with E-state index >= 15 is 0 Å². The van der Waals surface area contributed by atoms with Gasteiger partial charge in [-0.25, -0.2) is 4.39 Å². The third-order valence-electron chi connectivity index (χ3n) is 4.54. The van der Waals surface area contributed by atoms with Gasteiger partial charge < -0.3 is 5.32 Å². The van der Waals surface area contributed by atoms with E-state index in [0.29, 0.717) is 6.04 Å². The van der Waals surface area contributed by atoms with Crippen LogP contribution in [0.1, 0.15) is 50.5 Å². The summed E-state index contributed by atoms with van der Waals surface area (Å²) >= 11 is 3.46. The molecule has 1 atom stereocenters. The lowest BCUT2D eigenvalue weighted by Gasteiger charge is -2.24. The molecule has 0 radical (unpaired) electrons. The summed E-state index contributed by atoms with van der Waals surface area (Å²) in [7, 11) is 2.03. The number of halogens is 2. The molecule has 3 heteroatoms. The summed E-state index contributed by atoms with van der Waals surface area (Å²) in [6.07, 6.45) is 10.6. The van der Waals surface area contributed by atoms with Crippen molar-refractivity contribution in [2.45, 2.75) is 57.4 Å². The highest BCUT2D eigenvalue weighted by Crippen LogP contribution is 2.28. The zero-order chi connectivity index (χ0) is 14.4. The summed E-state index contributed by atoms with van der Waals surface area (Å²) in [4.78, 5) is 0. The second-order valence-electron chi connectivity index (χ2n) is 6.01. The fraction of sp³-hybridized carbons (Fsp3) is 0.647. The molecule has 1 aliphatic carbocycles. The number of benzene rings is 1. The molecule has 2 rings (SSSR count). The van der Waals surface area contributed by atoms with Crippen molar-refractivity contribution in [3.8, 4) is 0 Å². The van der Waals surface area contributed by atoms with Crippen LogP contribution in [0.3, 0.4) is 0 Å². The lowest BCUT2D eigenvalue weighted by atomic mass is 9.84. The molecule has 1 unspecified atom stereocenters. The van der Waals surface area contributed by atoms with Crippen molar-refractivity contribution in [2.75, 3.05) is 7.05 Å². The summed E-state index contributed by atoms with van der Waals surface area (Å²) < 4.78 is 14.0. The Morgan fingerprint density at radius 3 is 2.70 bits per heavy atom. The van der Waals surface area contributed by atoms with Gasteiger partial charge in [-0.1, -0.05) is 54.1 Å². The minimum atomic E-state index is -0.177. The van der Waals surface area contributed by atoms with Crippen LogP contribution >= 0.6 is 15.9 Å². The van der Waals surface area contributed by atoms with Crippen molar-refractivity contribution < 1.29 is 4.39 Å². The largest absolute Gasteiger partial charge is 0.317 e. The van der Waals surface area contributed by atoms with Gasteiger partial charge in [0, 0.05) is 10.5 Å². The van der Waals surface area contributed by atoms with E-state index in [9.17, 15) is 4.39 Å². The highest BCUT2D eigenvalue weighted by molar-refractivity contribution is 9.10. The minimum Gasteiger partial charge on any atom is -0.317 e. The third-order valence-corrected chi connectivity index (χ3v) is 5.28. The Kier molecular flexibility index (Phi) is 6.50. The van der Waals surface area contributed by atoms with Crippen LogP contribution in [-0.2, 0) is 6.42 Å². The van der Waals surface area contributed by atoms with Gasteiger partial charge in [0.05, 0.1) is 0 Å². The van der Waals surface area contributed by atoms with Crippen molar-refractivity contribution in [1.29, 1.82) is 0 Å². The Balaban J connectivity index is 1.84. The maximum absolute atomic E-state index is 13.1. The quantitative estimate of drug-likeness (QED) is 0.760. The third kappa shape index (κ3) is 4.85. The van der Waals surface area contributed by atoms with Crippen molar-refractivity contribution in [2.24, 2.45) is 5.92 Å². The molecular formula is C17H25BrFN. The van der Waals surface area contributed by atoms with E-state index in [1.807, 2.05) is 13.1 Å². The summed E-state index contributed by atoms with van der Waals surface area (Å²) in [6, 6.07) is 5.49. The van der Waals surface area contributed by atoms with E-state index in [-0.39, 0.29) is 5.82 Å². The van der Waals surface area contributed by atoms with Crippen molar-refractivity contribution in [3.05, 3.63) is 34.1 Å². The predicted molar refractivity (Wildman–Crippen MR) is 86.5 cm³/mol. The summed E-state index contributed by atoms with van der Waals surface area (Å²) in [5.74, 6) is 0.750. The van der Waals surface area contributed by atoms with E-state index in [2.05, 4.69) is 21.2 Å². The molecule has 1 aromatic rings. The predicted octanol–water partition coefficient (Wildman–Crippen LogP) is 5.08. The maximum Gasteiger partial charge on any atom is 0.124 e. The SMILES string of the molecule is CNC(CCC1CCCCC1)Cc1ccc(F)cc1Br. The maximum atomic E-state index is 13.1. The van der Waals surface area contributed by atoms with Gasteiger partial charge in [-0.05, 0) is 49.9 Å². The zero-order valence-electron chi connectivity index (χ0n) is 12.3. The van der Waals surface area contributed by atoms with E-state index in [1.54, 1.807) is 12.1 Å². The monoisotopic (exact) mass is 341 g/mol. The van der Waals surface area contributed by atoms with Crippen molar-refractivity contribution >= 4 is 15.9 Å². The number of rotatable bonds is 6. The van der Waals surface area contributed by atoms with Crippen LogP contribution in [0.15, 0.2) is 22.7 Å². The molecule has 1 fully saturated rings. The fourth-order valence-corrected chi connectivity index (χ4v) is 3.73. The lowest BCUT2D eigenvalue weighted by Crippen LogP contribution is -2.28. The molecule has 1 saturated carbocycles. The van der Waals surface area contributed by atoms with E-state index in [0.717, 1.165) is 16.8 Å². The first-order chi connectivity index (χ1) is 9.69. The van der Waals surface area contributed by atoms with E-state index in [1.165, 1.54) is 50.5 Å². The highest BCUT2D eigenvalue weighted by atomic mass is 79.9. The standard InChI is InChI=1S/C17H25BrFN/c1-20-16(10-7-13-5-3-2-4-6-13)11-14-8-9-15(19)12-17(14)18/h8-9,12-13,16,20H,2-7,10-11H2,1H3. The molecule has 1 nitrogen and oxygen atoms in total. The smallest absolute Gasteiger partial charge is 0.124 e. The molecule has 1 N–H and O–H groups in total. The van der Waals surface area contributed by atoms with Crippen LogP contribution < -0.4 is 5.32 Å². The van der Waals surface area contributed by atoms with Gasteiger partial charge >= 0.3 is 0 Å². The number of nitrogens with one attached hydrogen (secondary N) is 1. The first kappa shape index (κ1) is 16.0. The highest BCUT2D eigenvalue weighted by Gasteiger charge is 2.16. The Labute approximate surface area is 130 Å². The Morgan fingerprint density at radius 1 is 1.30 bits per heavy atom. The molecule has 0 spiro atoms. The van der Waals surface area contributed by atoms with Gasteiger partial charge in [0.25, 0.3) is 0 Å². The first-order valence-electron chi connectivity index (χ1n) is 7.80. The molecule has 0 saturated heterocycles.